The van der Waals surface area contributed by atoms with Gasteiger partial charge in [0, 0.05) is 25.7 Å². The standard InChI is InChI=1S/C20H28N6O2/c1-15-4-5-17(12-16(15)2)25-22-14-18-13-19(26-7-10-27-11-8-26)24-20(23-18)28-9-6-21-3/h4-5,12-14,21,25H,6-11H2,1-3H3/b22-14+. The quantitative estimate of drug-likeness (QED) is 0.409. The molecule has 2 N–H and O–H groups in total. The maximum atomic E-state index is 5.69. The molecule has 2 heterocycles. The van der Waals surface area contributed by atoms with Crippen LogP contribution < -0.4 is 20.4 Å². The predicted molar refractivity (Wildman–Crippen MR) is 112 cm³/mol. The van der Waals surface area contributed by atoms with Crippen molar-refractivity contribution in [2.45, 2.75) is 13.8 Å². The van der Waals surface area contributed by atoms with Crippen LogP contribution in [0.15, 0.2) is 29.4 Å². The minimum Gasteiger partial charge on any atom is -0.462 e. The fourth-order valence-corrected chi connectivity index (χ4v) is 2.74. The van der Waals surface area contributed by atoms with E-state index in [1.54, 1.807) is 6.21 Å². The van der Waals surface area contributed by atoms with Crippen LogP contribution in [0.2, 0.25) is 0 Å². The van der Waals surface area contributed by atoms with Gasteiger partial charge in [0.15, 0.2) is 0 Å². The van der Waals surface area contributed by atoms with E-state index in [2.05, 4.69) is 56.7 Å². The number of nitrogens with zero attached hydrogens (tertiary/aromatic N) is 4. The number of rotatable bonds is 8. The number of morpholine rings is 1. The summed E-state index contributed by atoms with van der Waals surface area (Å²) in [6, 6.07) is 8.42. The van der Waals surface area contributed by atoms with E-state index in [1.165, 1.54) is 11.1 Å². The van der Waals surface area contributed by atoms with Crippen molar-refractivity contribution in [1.82, 2.24) is 15.3 Å². The first-order valence-corrected chi connectivity index (χ1v) is 9.51. The molecule has 0 spiro atoms. The average molecular weight is 384 g/mol. The van der Waals surface area contributed by atoms with Crippen LogP contribution in [0.1, 0.15) is 16.8 Å². The third-order valence-corrected chi connectivity index (χ3v) is 4.53. The lowest BCUT2D eigenvalue weighted by Crippen LogP contribution is -2.37. The van der Waals surface area contributed by atoms with Gasteiger partial charge in [0.25, 0.3) is 0 Å². The SMILES string of the molecule is CNCCOc1nc(/C=N/Nc2ccc(C)c(C)c2)cc(N2CCOCC2)n1. The molecule has 1 aromatic heterocycles. The zero-order valence-electron chi connectivity index (χ0n) is 16.7. The first-order chi connectivity index (χ1) is 13.7. The molecule has 0 bridgehead atoms. The second kappa shape index (κ2) is 10.0. The summed E-state index contributed by atoms with van der Waals surface area (Å²) in [6.45, 7) is 8.37. The molecule has 0 atom stereocenters. The zero-order chi connectivity index (χ0) is 19.8. The number of benzene rings is 1. The lowest BCUT2D eigenvalue weighted by Gasteiger charge is -2.28. The fourth-order valence-electron chi connectivity index (χ4n) is 2.74. The molecule has 3 rings (SSSR count). The average Bonchev–Trinajstić information content (AvgIpc) is 2.71. The second-order valence-electron chi connectivity index (χ2n) is 6.65. The van der Waals surface area contributed by atoms with Gasteiger partial charge in [-0.15, -0.1) is 0 Å². The summed E-state index contributed by atoms with van der Waals surface area (Å²) in [5.74, 6) is 0.824. The van der Waals surface area contributed by atoms with Gasteiger partial charge in [-0.25, -0.2) is 0 Å². The van der Waals surface area contributed by atoms with E-state index < -0.39 is 0 Å². The van der Waals surface area contributed by atoms with Crippen molar-refractivity contribution >= 4 is 17.7 Å². The highest BCUT2D eigenvalue weighted by atomic mass is 16.5. The molecule has 0 amide bonds. The minimum atomic E-state index is 0.354. The largest absolute Gasteiger partial charge is 0.462 e. The van der Waals surface area contributed by atoms with Crippen LogP contribution in [0.3, 0.4) is 0 Å². The Morgan fingerprint density at radius 2 is 2.00 bits per heavy atom. The first-order valence-electron chi connectivity index (χ1n) is 9.51. The Kier molecular flexibility index (Phi) is 7.16. The van der Waals surface area contributed by atoms with Crippen molar-refractivity contribution in [3.05, 3.63) is 41.1 Å². The lowest BCUT2D eigenvalue weighted by molar-refractivity contribution is 0.122. The van der Waals surface area contributed by atoms with E-state index >= 15 is 0 Å². The summed E-state index contributed by atoms with van der Waals surface area (Å²) < 4.78 is 11.1. The molecule has 28 heavy (non-hydrogen) atoms. The molecule has 150 valence electrons. The van der Waals surface area contributed by atoms with Gasteiger partial charge in [0.1, 0.15) is 12.4 Å². The Hall–Kier alpha value is -2.71. The molecule has 1 aliphatic heterocycles. The van der Waals surface area contributed by atoms with Gasteiger partial charge in [-0.05, 0) is 44.2 Å². The van der Waals surface area contributed by atoms with Crippen molar-refractivity contribution in [2.24, 2.45) is 5.10 Å². The van der Waals surface area contributed by atoms with Gasteiger partial charge in [-0.3, -0.25) is 5.43 Å². The summed E-state index contributed by atoms with van der Waals surface area (Å²) in [5.41, 5.74) is 7.15. The molecule has 8 nitrogen and oxygen atoms in total. The summed E-state index contributed by atoms with van der Waals surface area (Å²) >= 11 is 0. The van der Waals surface area contributed by atoms with Crippen molar-refractivity contribution in [3.8, 4) is 6.01 Å². The Labute approximate surface area is 166 Å². The molecule has 0 aliphatic carbocycles. The normalized spacial score (nSPS) is 14.5. The first kappa shape index (κ1) is 20.0. The summed E-state index contributed by atoms with van der Waals surface area (Å²) in [7, 11) is 1.88. The van der Waals surface area contributed by atoms with Crippen LogP contribution in [-0.4, -0.2) is 62.7 Å². The Morgan fingerprint density at radius 3 is 2.75 bits per heavy atom. The molecule has 2 aromatic rings. The van der Waals surface area contributed by atoms with E-state index in [9.17, 15) is 0 Å². The van der Waals surface area contributed by atoms with Crippen LogP contribution in [0.25, 0.3) is 0 Å². The van der Waals surface area contributed by atoms with Crippen LogP contribution in [0.4, 0.5) is 11.5 Å². The maximum absolute atomic E-state index is 5.69. The third kappa shape index (κ3) is 5.64. The highest BCUT2D eigenvalue weighted by molar-refractivity contribution is 5.79. The van der Waals surface area contributed by atoms with E-state index in [-0.39, 0.29) is 0 Å². The number of hydrogen-bond donors (Lipinski definition) is 2. The Bertz CT molecular complexity index is 805. The highest BCUT2D eigenvalue weighted by Crippen LogP contribution is 2.18. The topological polar surface area (TPSA) is 83.9 Å². The van der Waals surface area contributed by atoms with Gasteiger partial charge in [0.05, 0.1) is 30.8 Å². The van der Waals surface area contributed by atoms with Crippen molar-refractivity contribution < 1.29 is 9.47 Å². The molecular weight excluding hydrogens is 356 g/mol. The maximum Gasteiger partial charge on any atom is 0.319 e. The van der Waals surface area contributed by atoms with Crippen molar-refractivity contribution in [2.75, 3.05) is 56.8 Å². The predicted octanol–water partition coefficient (Wildman–Crippen LogP) is 1.97. The highest BCUT2D eigenvalue weighted by Gasteiger charge is 2.15. The number of hydrazone groups is 1. The van der Waals surface area contributed by atoms with Gasteiger partial charge in [-0.1, -0.05) is 6.07 Å². The molecule has 8 heteroatoms. The molecule has 1 aliphatic rings. The lowest BCUT2D eigenvalue weighted by atomic mass is 10.1. The number of aromatic nitrogens is 2. The number of aryl methyl sites for hydroxylation is 2. The summed E-state index contributed by atoms with van der Waals surface area (Å²) in [6.07, 6.45) is 1.69. The number of nitrogens with one attached hydrogen (secondary N) is 2. The minimum absolute atomic E-state index is 0.354. The number of anilines is 2. The molecule has 1 aromatic carbocycles. The number of hydrogen-bond acceptors (Lipinski definition) is 8. The number of ether oxygens (including phenoxy) is 2. The molecule has 0 radical (unpaired) electrons. The Morgan fingerprint density at radius 1 is 1.18 bits per heavy atom. The second-order valence-corrected chi connectivity index (χ2v) is 6.65. The van der Waals surface area contributed by atoms with Crippen LogP contribution in [0.5, 0.6) is 6.01 Å². The van der Waals surface area contributed by atoms with Crippen LogP contribution in [-0.2, 0) is 4.74 Å². The van der Waals surface area contributed by atoms with E-state index in [0.29, 0.717) is 31.5 Å². The molecular formula is C20H28N6O2. The molecule has 0 saturated carbocycles. The smallest absolute Gasteiger partial charge is 0.319 e. The Balaban J connectivity index is 1.75. The van der Waals surface area contributed by atoms with E-state index in [4.69, 9.17) is 9.47 Å². The van der Waals surface area contributed by atoms with E-state index in [1.807, 2.05) is 19.2 Å². The summed E-state index contributed by atoms with van der Waals surface area (Å²) in [4.78, 5) is 11.2. The van der Waals surface area contributed by atoms with Gasteiger partial charge < -0.3 is 19.7 Å². The van der Waals surface area contributed by atoms with Gasteiger partial charge in [0.2, 0.25) is 0 Å². The van der Waals surface area contributed by atoms with Crippen molar-refractivity contribution in [1.29, 1.82) is 0 Å². The zero-order valence-corrected chi connectivity index (χ0v) is 16.7. The van der Waals surface area contributed by atoms with E-state index in [0.717, 1.165) is 31.1 Å². The molecule has 1 saturated heterocycles. The fraction of sp³-hybridized carbons (Fsp3) is 0.450. The van der Waals surface area contributed by atoms with Crippen LogP contribution in [0, 0.1) is 13.8 Å². The third-order valence-electron chi connectivity index (χ3n) is 4.53. The van der Waals surface area contributed by atoms with Crippen LogP contribution >= 0.6 is 0 Å². The monoisotopic (exact) mass is 384 g/mol. The molecule has 1 fully saturated rings. The summed E-state index contributed by atoms with van der Waals surface area (Å²) in [5, 5.41) is 7.38. The number of likely N-dealkylation sites (N-methyl/N-ethyl adjacent to an activating group) is 1. The molecule has 0 unspecified atom stereocenters. The van der Waals surface area contributed by atoms with Crippen molar-refractivity contribution in [3.63, 3.8) is 0 Å². The van der Waals surface area contributed by atoms with Gasteiger partial charge in [-0.2, -0.15) is 15.1 Å². The van der Waals surface area contributed by atoms with Gasteiger partial charge >= 0.3 is 6.01 Å².